The van der Waals surface area contributed by atoms with Gasteiger partial charge in [-0.3, -0.25) is 9.44 Å². The SMILES string of the molecule is O=S(=O)(Nc1ccc(Cl)c(Cl)c1)c1ccc(NS(=O)(=O)c2ccc(F)c(F)c2)cc1. The lowest BCUT2D eigenvalue weighted by molar-refractivity contribution is 0.504. The molecule has 0 aromatic heterocycles. The van der Waals surface area contributed by atoms with E-state index in [2.05, 4.69) is 9.44 Å². The van der Waals surface area contributed by atoms with Crippen molar-refractivity contribution in [2.45, 2.75) is 9.79 Å². The van der Waals surface area contributed by atoms with Gasteiger partial charge in [0, 0.05) is 5.69 Å². The van der Waals surface area contributed by atoms with Gasteiger partial charge in [0.25, 0.3) is 20.0 Å². The zero-order valence-corrected chi connectivity index (χ0v) is 17.9. The van der Waals surface area contributed by atoms with Gasteiger partial charge in [-0.25, -0.2) is 25.6 Å². The summed E-state index contributed by atoms with van der Waals surface area (Å²) in [7, 11) is -8.19. The van der Waals surface area contributed by atoms with E-state index in [0.29, 0.717) is 12.1 Å². The van der Waals surface area contributed by atoms with Gasteiger partial charge in [-0.05, 0) is 60.7 Å². The van der Waals surface area contributed by atoms with Crippen LogP contribution in [0.2, 0.25) is 10.0 Å². The first-order valence-corrected chi connectivity index (χ1v) is 11.8. The second kappa shape index (κ2) is 8.38. The monoisotopic (exact) mass is 492 g/mol. The minimum absolute atomic E-state index is 0.0215. The lowest BCUT2D eigenvalue weighted by Gasteiger charge is -2.11. The summed E-state index contributed by atoms with van der Waals surface area (Å²) in [4.78, 5) is -0.635. The van der Waals surface area contributed by atoms with Crippen LogP contribution in [-0.2, 0) is 20.0 Å². The van der Waals surface area contributed by atoms with Gasteiger partial charge in [0.2, 0.25) is 0 Å². The molecule has 0 saturated carbocycles. The summed E-state index contributed by atoms with van der Waals surface area (Å²) in [6.07, 6.45) is 0. The molecule has 0 spiro atoms. The lowest BCUT2D eigenvalue weighted by Crippen LogP contribution is -2.15. The van der Waals surface area contributed by atoms with Crippen LogP contribution in [0.4, 0.5) is 20.2 Å². The van der Waals surface area contributed by atoms with Crippen molar-refractivity contribution in [3.8, 4) is 0 Å². The van der Waals surface area contributed by atoms with E-state index in [1.165, 1.54) is 42.5 Å². The van der Waals surface area contributed by atoms with Crippen LogP contribution in [-0.4, -0.2) is 16.8 Å². The van der Waals surface area contributed by atoms with Crippen LogP contribution >= 0.6 is 23.2 Å². The number of halogens is 4. The molecular formula is C18H12Cl2F2N2O4S2. The molecule has 0 amide bonds. The van der Waals surface area contributed by atoms with Crippen LogP contribution in [0.3, 0.4) is 0 Å². The van der Waals surface area contributed by atoms with Crippen LogP contribution < -0.4 is 9.44 Å². The fourth-order valence-corrected chi connectivity index (χ4v) is 4.75. The van der Waals surface area contributed by atoms with E-state index < -0.39 is 36.6 Å². The van der Waals surface area contributed by atoms with Gasteiger partial charge in [-0.1, -0.05) is 23.2 Å². The standard InChI is InChI=1S/C18H12Cl2F2N2O4S2/c19-15-7-3-12(9-16(15)20)24-29(25,26)13-4-1-11(2-5-13)23-30(27,28)14-6-8-17(21)18(22)10-14/h1-10,23-24H. The van der Waals surface area contributed by atoms with Gasteiger partial charge >= 0.3 is 0 Å². The molecule has 0 fully saturated rings. The fourth-order valence-electron chi connectivity index (χ4n) is 2.33. The molecule has 0 unspecified atom stereocenters. The molecule has 0 aliphatic rings. The lowest BCUT2D eigenvalue weighted by atomic mass is 10.3. The summed E-state index contributed by atoms with van der Waals surface area (Å²) in [6.45, 7) is 0. The van der Waals surface area contributed by atoms with E-state index >= 15 is 0 Å². The van der Waals surface area contributed by atoms with Crippen molar-refractivity contribution >= 4 is 54.6 Å². The van der Waals surface area contributed by atoms with E-state index in [1.807, 2.05) is 0 Å². The van der Waals surface area contributed by atoms with Crippen molar-refractivity contribution in [2.24, 2.45) is 0 Å². The van der Waals surface area contributed by atoms with Gasteiger partial charge in [0.1, 0.15) is 0 Å². The van der Waals surface area contributed by atoms with Crippen molar-refractivity contribution in [2.75, 3.05) is 9.44 Å². The van der Waals surface area contributed by atoms with E-state index in [4.69, 9.17) is 23.2 Å². The number of rotatable bonds is 6. The van der Waals surface area contributed by atoms with Crippen LogP contribution in [0.15, 0.2) is 70.5 Å². The zero-order chi connectivity index (χ0) is 22.1. The first kappa shape index (κ1) is 22.3. The Hall–Kier alpha value is -2.40. The maximum absolute atomic E-state index is 13.3. The Morgan fingerprint density at radius 1 is 0.600 bits per heavy atom. The van der Waals surface area contributed by atoms with E-state index in [-0.39, 0.29) is 26.3 Å². The number of hydrogen-bond donors (Lipinski definition) is 2. The Morgan fingerprint density at radius 2 is 1.13 bits per heavy atom. The Kier molecular flexibility index (Phi) is 6.23. The summed E-state index contributed by atoms with van der Waals surface area (Å²) in [5.41, 5.74) is 0.209. The summed E-state index contributed by atoms with van der Waals surface area (Å²) in [5.74, 6) is -2.49. The quantitative estimate of drug-likeness (QED) is 0.513. The summed E-state index contributed by atoms with van der Waals surface area (Å²) < 4.78 is 80.3. The van der Waals surface area contributed by atoms with Gasteiger partial charge in [0.05, 0.1) is 25.5 Å². The van der Waals surface area contributed by atoms with Crippen LogP contribution in [0, 0.1) is 11.6 Å². The minimum atomic E-state index is -4.21. The fraction of sp³-hybridized carbons (Fsp3) is 0. The van der Waals surface area contributed by atoms with Crippen molar-refractivity contribution in [3.63, 3.8) is 0 Å². The first-order chi connectivity index (χ1) is 14.0. The molecular weight excluding hydrogens is 481 g/mol. The maximum atomic E-state index is 13.3. The molecule has 30 heavy (non-hydrogen) atoms. The zero-order valence-electron chi connectivity index (χ0n) is 14.7. The summed E-state index contributed by atoms with van der Waals surface area (Å²) >= 11 is 11.7. The van der Waals surface area contributed by atoms with Gasteiger partial charge in [-0.15, -0.1) is 0 Å². The van der Waals surface area contributed by atoms with E-state index in [1.54, 1.807) is 0 Å². The van der Waals surface area contributed by atoms with Crippen molar-refractivity contribution in [1.29, 1.82) is 0 Å². The third-order valence-corrected chi connectivity index (χ3v) is 7.31. The van der Waals surface area contributed by atoms with E-state index in [0.717, 1.165) is 6.07 Å². The second-order valence-corrected chi connectivity index (χ2v) is 10.1. The van der Waals surface area contributed by atoms with Crippen molar-refractivity contribution in [1.82, 2.24) is 0 Å². The normalized spacial score (nSPS) is 11.9. The third-order valence-electron chi connectivity index (χ3n) is 3.79. The molecule has 0 aliphatic heterocycles. The average molecular weight is 493 g/mol. The molecule has 6 nitrogen and oxygen atoms in total. The highest BCUT2D eigenvalue weighted by Gasteiger charge is 2.18. The average Bonchev–Trinajstić information content (AvgIpc) is 2.67. The van der Waals surface area contributed by atoms with Gasteiger partial charge in [0.15, 0.2) is 11.6 Å². The summed E-state index contributed by atoms with van der Waals surface area (Å²) in [5, 5.41) is 0.427. The molecule has 2 N–H and O–H groups in total. The van der Waals surface area contributed by atoms with Crippen LogP contribution in [0.25, 0.3) is 0 Å². The topological polar surface area (TPSA) is 92.3 Å². The van der Waals surface area contributed by atoms with Gasteiger partial charge in [-0.2, -0.15) is 0 Å². The number of benzene rings is 3. The number of sulfonamides is 2. The second-order valence-electron chi connectivity index (χ2n) is 5.94. The minimum Gasteiger partial charge on any atom is -0.280 e. The molecule has 158 valence electrons. The highest BCUT2D eigenvalue weighted by molar-refractivity contribution is 7.93. The Morgan fingerprint density at radius 3 is 1.73 bits per heavy atom. The smallest absolute Gasteiger partial charge is 0.261 e. The highest BCUT2D eigenvalue weighted by atomic mass is 35.5. The predicted octanol–water partition coefficient (Wildman–Crippen LogP) is 4.87. The Labute approximate surface area is 181 Å². The first-order valence-electron chi connectivity index (χ1n) is 8.04. The third kappa shape index (κ3) is 5.01. The number of hydrogen-bond acceptors (Lipinski definition) is 4. The summed E-state index contributed by atoms with van der Waals surface area (Å²) in [6, 6.07) is 11.1. The van der Waals surface area contributed by atoms with Crippen molar-refractivity contribution < 1.29 is 25.6 Å². The number of anilines is 2. The van der Waals surface area contributed by atoms with Crippen molar-refractivity contribution in [3.05, 3.63) is 82.3 Å². The van der Waals surface area contributed by atoms with E-state index in [9.17, 15) is 25.6 Å². The Balaban J connectivity index is 1.79. The molecule has 0 heterocycles. The predicted molar refractivity (Wildman–Crippen MR) is 111 cm³/mol. The maximum Gasteiger partial charge on any atom is 0.261 e. The Bertz CT molecular complexity index is 1320. The highest BCUT2D eigenvalue weighted by Crippen LogP contribution is 2.27. The largest absolute Gasteiger partial charge is 0.280 e. The molecule has 0 atom stereocenters. The van der Waals surface area contributed by atoms with Gasteiger partial charge < -0.3 is 0 Å². The molecule has 0 bridgehead atoms. The molecule has 3 aromatic rings. The van der Waals surface area contributed by atoms with Crippen LogP contribution in [0.5, 0.6) is 0 Å². The molecule has 0 radical (unpaired) electrons. The molecule has 0 saturated heterocycles. The molecule has 3 aromatic carbocycles. The van der Waals surface area contributed by atoms with Crippen LogP contribution in [0.1, 0.15) is 0 Å². The molecule has 12 heteroatoms. The number of nitrogens with one attached hydrogen (secondary N) is 2. The molecule has 3 rings (SSSR count). The molecule has 0 aliphatic carbocycles.